The molecule has 0 aliphatic carbocycles. The molecule has 0 heterocycles. The van der Waals surface area contributed by atoms with E-state index in [1.165, 1.54) is 0 Å². The van der Waals surface area contributed by atoms with Crippen molar-refractivity contribution in [2.45, 2.75) is 6.04 Å². The van der Waals surface area contributed by atoms with E-state index in [9.17, 15) is 0 Å². The monoisotopic (exact) mass is 350 g/mol. The van der Waals surface area contributed by atoms with Gasteiger partial charge in [0.05, 0.1) is 5.69 Å². The second-order valence-corrected chi connectivity index (χ2v) is 5.83. The quantitative estimate of drug-likeness (QED) is 0.491. The third-order valence-corrected chi connectivity index (χ3v) is 3.82. The van der Waals surface area contributed by atoms with E-state index >= 15 is 0 Å². The summed E-state index contributed by atoms with van der Waals surface area (Å²) in [5.41, 5.74) is 3.10. The zero-order valence-corrected chi connectivity index (χ0v) is 13.5. The van der Waals surface area contributed by atoms with Gasteiger partial charge in [-0.15, -0.1) is 0 Å². The molecule has 3 rings (SSSR count). The van der Waals surface area contributed by atoms with E-state index in [-0.39, 0.29) is 6.04 Å². The highest BCUT2D eigenvalue weighted by Gasteiger charge is 2.12. The van der Waals surface area contributed by atoms with Crippen LogP contribution in [-0.2, 0) is 0 Å². The Morgan fingerprint density at radius 3 is 1.82 bits per heavy atom. The van der Waals surface area contributed by atoms with Gasteiger partial charge in [0.25, 0.3) is 0 Å². The topological polar surface area (TPSA) is 24.7 Å². The summed E-state index contributed by atoms with van der Waals surface area (Å²) in [5, 5.41) is 8.99. The van der Waals surface area contributed by atoms with Gasteiger partial charge in [-0.25, -0.2) is 0 Å². The lowest BCUT2D eigenvalue weighted by molar-refractivity contribution is 0.809. The van der Waals surface area contributed by atoms with E-state index in [4.69, 9.17) is 0 Å². The molecule has 0 atom stereocenters. The summed E-state index contributed by atoms with van der Waals surface area (Å²) in [7, 11) is 0. The van der Waals surface area contributed by atoms with E-state index in [0.717, 1.165) is 21.3 Å². The maximum Gasteiger partial charge on any atom is 0.121 e. The molecule has 0 aliphatic heterocycles. The smallest absolute Gasteiger partial charge is 0.121 e. The zero-order valence-electron chi connectivity index (χ0n) is 11.9. The number of nitrogens with zero attached hydrogens (tertiary/aromatic N) is 2. The molecular weight excluding hydrogens is 336 g/mol. The molecule has 0 N–H and O–H groups in total. The molecule has 0 unspecified atom stereocenters. The summed E-state index contributed by atoms with van der Waals surface area (Å²) in [6, 6.07) is 28.2. The van der Waals surface area contributed by atoms with Gasteiger partial charge in [-0.2, -0.15) is 10.2 Å². The predicted octanol–water partition coefficient (Wildman–Crippen LogP) is 6.32. The van der Waals surface area contributed by atoms with Crippen LogP contribution in [-0.4, -0.2) is 0 Å². The summed E-state index contributed by atoms with van der Waals surface area (Å²) < 4.78 is 1.000. The minimum absolute atomic E-state index is 0.0959. The van der Waals surface area contributed by atoms with Crippen molar-refractivity contribution >= 4 is 21.6 Å². The number of hydrogen-bond acceptors (Lipinski definition) is 2. The highest BCUT2D eigenvalue weighted by atomic mass is 79.9. The molecule has 0 fully saturated rings. The average molecular weight is 351 g/mol. The Balaban J connectivity index is 1.96. The van der Waals surface area contributed by atoms with Gasteiger partial charge in [0.1, 0.15) is 6.04 Å². The fourth-order valence-electron chi connectivity index (χ4n) is 2.26. The van der Waals surface area contributed by atoms with Crippen LogP contribution in [0.5, 0.6) is 0 Å². The number of azo groups is 1. The number of benzene rings is 3. The Morgan fingerprint density at radius 2 is 1.27 bits per heavy atom. The van der Waals surface area contributed by atoms with E-state index in [2.05, 4.69) is 50.4 Å². The Morgan fingerprint density at radius 1 is 0.682 bits per heavy atom. The molecule has 0 saturated heterocycles. The lowest BCUT2D eigenvalue weighted by atomic mass is 10.00. The molecule has 108 valence electrons. The van der Waals surface area contributed by atoms with Crippen LogP contribution >= 0.6 is 15.9 Å². The molecule has 22 heavy (non-hydrogen) atoms. The van der Waals surface area contributed by atoms with Crippen molar-refractivity contribution in [2.75, 3.05) is 0 Å². The van der Waals surface area contributed by atoms with Gasteiger partial charge < -0.3 is 0 Å². The Bertz CT molecular complexity index is 715. The van der Waals surface area contributed by atoms with Crippen LogP contribution in [0.2, 0.25) is 0 Å². The molecule has 3 heteroatoms. The standard InChI is InChI=1S/C19H15BrN2/c20-17-12-7-13-18(14-17)21-22-19(15-8-3-1-4-9-15)16-10-5-2-6-11-16/h1-14,19H. The third-order valence-electron chi connectivity index (χ3n) is 3.33. The van der Waals surface area contributed by atoms with E-state index in [1.807, 2.05) is 60.7 Å². The number of halogens is 1. The molecule has 0 amide bonds. The first-order valence-corrected chi connectivity index (χ1v) is 7.88. The minimum atomic E-state index is -0.0959. The van der Waals surface area contributed by atoms with Crippen LogP contribution in [0.25, 0.3) is 0 Å². The van der Waals surface area contributed by atoms with Crippen molar-refractivity contribution in [3.63, 3.8) is 0 Å². The second-order valence-electron chi connectivity index (χ2n) is 4.92. The third kappa shape index (κ3) is 3.68. The minimum Gasteiger partial charge on any atom is -0.176 e. The molecule has 0 aromatic heterocycles. The lowest BCUT2D eigenvalue weighted by Gasteiger charge is -2.12. The van der Waals surface area contributed by atoms with Gasteiger partial charge >= 0.3 is 0 Å². The molecule has 0 bridgehead atoms. The lowest BCUT2D eigenvalue weighted by Crippen LogP contribution is -1.96. The van der Waals surface area contributed by atoms with Crippen molar-refractivity contribution in [3.8, 4) is 0 Å². The first kappa shape index (κ1) is 14.7. The van der Waals surface area contributed by atoms with Gasteiger partial charge in [-0.1, -0.05) is 82.7 Å². The summed E-state index contributed by atoms with van der Waals surface area (Å²) in [6.07, 6.45) is 0. The van der Waals surface area contributed by atoms with Crippen molar-refractivity contribution in [1.29, 1.82) is 0 Å². The Labute approximate surface area is 138 Å². The largest absolute Gasteiger partial charge is 0.176 e. The highest BCUT2D eigenvalue weighted by Crippen LogP contribution is 2.28. The zero-order chi connectivity index (χ0) is 15.2. The van der Waals surface area contributed by atoms with E-state index in [0.29, 0.717) is 0 Å². The van der Waals surface area contributed by atoms with Crippen LogP contribution in [0.3, 0.4) is 0 Å². The van der Waals surface area contributed by atoms with Gasteiger partial charge in [0.2, 0.25) is 0 Å². The summed E-state index contributed by atoms with van der Waals surface area (Å²) in [4.78, 5) is 0. The maximum absolute atomic E-state index is 4.58. The summed E-state index contributed by atoms with van der Waals surface area (Å²) >= 11 is 3.46. The molecule has 0 spiro atoms. The average Bonchev–Trinajstić information content (AvgIpc) is 2.57. The van der Waals surface area contributed by atoms with Gasteiger partial charge in [-0.3, -0.25) is 0 Å². The summed E-state index contributed by atoms with van der Waals surface area (Å²) in [5.74, 6) is 0. The molecule has 2 nitrogen and oxygen atoms in total. The van der Waals surface area contributed by atoms with Crippen molar-refractivity contribution < 1.29 is 0 Å². The first-order chi connectivity index (χ1) is 10.8. The SMILES string of the molecule is Brc1cccc(N=NC(c2ccccc2)c2ccccc2)c1. The van der Waals surface area contributed by atoms with Crippen LogP contribution in [0.4, 0.5) is 5.69 Å². The van der Waals surface area contributed by atoms with Crippen LogP contribution in [0.1, 0.15) is 17.2 Å². The maximum atomic E-state index is 4.58. The van der Waals surface area contributed by atoms with Gasteiger partial charge in [0, 0.05) is 4.47 Å². The first-order valence-electron chi connectivity index (χ1n) is 7.09. The van der Waals surface area contributed by atoms with Gasteiger partial charge in [0.15, 0.2) is 0 Å². The molecule has 3 aromatic rings. The van der Waals surface area contributed by atoms with Crippen molar-refractivity contribution in [2.24, 2.45) is 10.2 Å². The predicted molar refractivity (Wildman–Crippen MR) is 93.4 cm³/mol. The molecule has 0 aliphatic rings. The Hall–Kier alpha value is -2.26. The van der Waals surface area contributed by atoms with E-state index < -0.39 is 0 Å². The molecule has 3 aromatic carbocycles. The highest BCUT2D eigenvalue weighted by molar-refractivity contribution is 9.10. The number of rotatable bonds is 4. The molecule has 0 radical (unpaired) electrons. The fourth-order valence-corrected chi connectivity index (χ4v) is 2.65. The van der Waals surface area contributed by atoms with Crippen LogP contribution in [0, 0.1) is 0 Å². The van der Waals surface area contributed by atoms with E-state index in [1.54, 1.807) is 0 Å². The van der Waals surface area contributed by atoms with Gasteiger partial charge in [-0.05, 0) is 29.3 Å². The fraction of sp³-hybridized carbons (Fsp3) is 0.0526. The van der Waals surface area contributed by atoms with Crippen molar-refractivity contribution in [3.05, 3.63) is 101 Å². The molecule has 0 saturated carbocycles. The number of hydrogen-bond donors (Lipinski definition) is 0. The summed E-state index contributed by atoms with van der Waals surface area (Å²) in [6.45, 7) is 0. The normalized spacial score (nSPS) is 11.2. The Kier molecular flexibility index (Phi) is 4.76. The van der Waals surface area contributed by atoms with Crippen molar-refractivity contribution in [1.82, 2.24) is 0 Å². The van der Waals surface area contributed by atoms with Crippen LogP contribution in [0.15, 0.2) is 99.6 Å². The van der Waals surface area contributed by atoms with Crippen LogP contribution < -0.4 is 0 Å². The second kappa shape index (κ2) is 7.14. The molecular formula is C19H15BrN2.